The lowest BCUT2D eigenvalue weighted by Gasteiger charge is -2.37. The molecule has 1 aromatic rings. The van der Waals surface area contributed by atoms with Crippen LogP contribution in [0.4, 0.5) is 5.95 Å². The Kier molecular flexibility index (Phi) is 2.63. The number of aliphatic carboxylic acids is 1. The molecular formula is C13H14N4O2. The van der Waals surface area contributed by atoms with Gasteiger partial charge in [0.15, 0.2) is 0 Å². The molecule has 1 aliphatic carbocycles. The van der Waals surface area contributed by atoms with E-state index in [2.05, 4.69) is 9.97 Å². The largest absolute Gasteiger partial charge is 0.481 e. The van der Waals surface area contributed by atoms with Crippen LogP contribution in [0.5, 0.6) is 0 Å². The molecule has 2 fully saturated rings. The maximum Gasteiger partial charge on any atom is 0.307 e. The van der Waals surface area contributed by atoms with Gasteiger partial charge in [0.1, 0.15) is 11.8 Å². The van der Waals surface area contributed by atoms with Gasteiger partial charge in [-0.3, -0.25) is 4.79 Å². The van der Waals surface area contributed by atoms with Gasteiger partial charge in [-0.2, -0.15) is 5.26 Å². The molecule has 1 aromatic heterocycles. The van der Waals surface area contributed by atoms with Gasteiger partial charge in [0, 0.05) is 24.7 Å². The fourth-order valence-electron chi connectivity index (χ4n) is 2.95. The van der Waals surface area contributed by atoms with E-state index >= 15 is 0 Å². The molecule has 19 heavy (non-hydrogen) atoms. The van der Waals surface area contributed by atoms with Crippen LogP contribution in [0.1, 0.15) is 25.0 Å². The van der Waals surface area contributed by atoms with E-state index in [1.165, 1.54) is 0 Å². The first kappa shape index (κ1) is 11.9. The average molecular weight is 258 g/mol. The van der Waals surface area contributed by atoms with Gasteiger partial charge >= 0.3 is 5.97 Å². The van der Waals surface area contributed by atoms with Crippen molar-refractivity contribution in [3.63, 3.8) is 0 Å². The molecule has 1 saturated heterocycles. The lowest BCUT2D eigenvalue weighted by molar-refractivity contribution is -0.145. The van der Waals surface area contributed by atoms with Crippen molar-refractivity contribution in [2.45, 2.75) is 19.3 Å². The van der Waals surface area contributed by atoms with Crippen LogP contribution in [-0.4, -0.2) is 34.1 Å². The number of carboxylic acids is 1. The van der Waals surface area contributed by atoms with E-state index in [0.717, 1.165) is 12.8 Å². The Morgan fingerprint density at radius 3 is 3.00 bits per heavy atom. The third kappa shape index (κ3) is 2.01. The first-order valence-corrected chi connectivity index (χ1v) is 6.35. The van der Waals surface area contributed by atoms with Crippen molar-refractivity contribution < 1.29 is 9.90 Å². The number of hydrogen-bond acceptors (Lipinski definition) is 5. The number of anilines is 1. The van der Waals surface area contributed by atoms with Crippen molar-refractivity contribution in [1.82, 2.24) is 9.97 Å². The van der Waals surface area contributed by atoms with Crippen molar-refractivity contribution in [3.8, 4) is 6.07 Å². The Morgan fingerprint density at radius 1 is 1.58 bits per heavy atom. The highest BCUT2D eigenvalue weighted by Crippen LogP contribution is 2.55. The Hall–Kier alpha value is -2.16. The predicted octanol–water partition coefficient (Wildman–Crippen LogP) is 1.04. The topological polar surface area (TPSA) is 90.1 Å². The summed E-state index contributed by atoms with van der Waals surface area (Å²) in [6, 6.07) is 3.57. The van der Waals surface area contributed by atoms with Gasteiger partial charge in [-0.15, -0.1) is 0 Å². The third-order valence-corrected chi connectivity index (χ3v) is 4.16. The predicted molar refractivity (Wildman–Crippen MR) is 66.4 cm³/mol. The van der Waals surface area contributed by atoms with E-state index in [-0.39, 0.29) is 11.3 Å². The Balaban J connectivity index is 1.82. The summed E-state index contributed by atoms with van der Waals surface area (Å²) < 4.78 is 0. The molecule has 98 valence electrons. The average Bonchev–Trinajstić information content (AvgIpc) is 3.18. The molecule has 1 aliphatic heterocycles. The second kappa shape index (κ2) is 4.19. The third-order valence-electron chi connectivity index (χ3n) is 4.16. The fourth-order valence-corrected chi connectivity index (χ4v) is 2.95. The fraction of sp³-hybridized carbons (Fsp3) is 0.538. The van der Waals surface area contributed by atoms with Crippen LogP contribution in [0, 0.1) is 22.7 Å². The molecule has 6 heteroatoms. The Bertz CT molecular complexity index is 562. The first-order valence-electron chi connectivity index (χ1n) is 6.35. The van der Waals surface area contributed by atoms with Crippen molar-refractivity contribution >= 4 is 11.9 Å². The monoisotopic (exact) mass is 258 g/mol. The summed E-state index contributed by atoms with van der Waals surface area (Å²) in [5.41, 5.74) is 0.242. The van der Waals surface area contributed by atoms with Crippen molar-refractivity contribution in [3.05, 3.63) is 18.0 Å². The summed E-state index contributed by atoms with van der Waals surface area (Å²) in [4.78, 5) is 21.6. The molecule has 0 bridgehead atoms. The van der Waals surface area contributed by atoms with Crippen molar-refractivity contribution in [1.29, 1.82) is 5.26 Å². The van der Waals surface area contributed by atoms with E-state index in [1.54, 1.807) is 12.3 Å². The standard InChI is InChI=1S/C13H14N4O2/c14-7-9-1-5-15-12(16-9)17-6-2-10(11(18)19)13(8-17)3-4-13/h1,5,10H,2-4,6,8H2,(H,18,19). The molecular weight excluding hydrogens is 244 g/mol. The summed E-state index contributed by atoms with van der Waals surface area (Å²) in [6.45, 7) is 1.31. The molecule has 0 radical (unpaired) electrons. The zero-order chi connectivity index (χ0) is 13.5. The van der Waals surface area contributed by atoms with Crippen LogP contribution in [0.25, 0.3) is 0 Å². The summed E-state index contributed by atoms with van der Waals surface area (Å²) in [7, 11) is 0. The minimum atomic E-state index is -0.691. The molecule has 1 saturated carbocycles. The van der Waals surface area contributed by atoms with Crippen LogP contribution in [0.2, 0.25) is 0 Å². The number of hydrogen-bond donors (Lipinski definition) is 1. The maximum absolute atomic E-state index is 11.3. The van der Waals surface area contributed by atoms with E-state index in [4.69, 9.17) is 5.26 Å². The van der Waals surface area contributed by atoms with Gasteiger partial charge < -0.3 is 10.0 Å². The molecule has 6 nitrogen and oxygen atoms in total. The van der Waals surface area contributed by atoms with Crippen LogP contribution >= 0.6 is 0 Å². The number of piperidine rings is 1. The summed E-state index contributed by atoms with van der Waals surface area (Å²) in [5.74, 6) is -0.402. The number of nitriles is 1. The minimum Gasteiger partial charge on any atom is -0.481 e. The van der Waals surface area contributed by atoms with Gasteiger partial charge in [-0.1, -0.05) is 0 Å². The molecule has 0 aromatic carbocycles. The first-order chi connectivity index (χ1) is 9.14. The molecule has 3 rings (SSSR count). The minimum absolute atomic E-state index is 0.101. The molecule has 1 N–H and O–H groups in total. The van der Waals surface area contributed by atoms with Crippen molar-refractivity contribution in [2.24, 2.45) is 11.3 Å². The van der Waals surface area contributed by atoms with E-state index in [1.807, 2.05) is 11.0 Å². The lowest BCUT2D eigenvalue weighted by Crippen LogP contribution is -2.45. The maximum atomic E-state index is 11.3. The summed E-state index contributed by atoms with van der Waals surface area (Å²) in [6.07, 6.45) is 4.11. The molecule has 2 aliphatic rings. The zero-order valence-corrected chi connectivity index (χ0v) is 10.4. The number of aromatic nitrogens is 2. The molecule has 0 amide bonds. The van der Waals surface area contributed by atoms with Gasteiger partial charge in [0.25, 0.3) is 0 Å². The van der Waals surface area contributed by atoms with E-state index in [0.29, 0.717) is 31.2 Å². The van der Waals surface area contributed by atoms with Crippen LogP contribution in [0.15, 0.2) is 12.3 Å². The van der Waals surface area contributed by atoms with Gasteiger partial charge in [-0.25, -0.2) is 9.97 Å². The van der Waals surface area contributed by atoms with E-state index < -0.39 is 5.97 Å². The Labute approximate surface area is 110 Å². The number of carbonyl (C=O) groups is 1. The number of rotatable bonds is 2. The van der Waals surface area contributed by atoms with Crippen molar-refractivity contribution in [2.75, 3.05) is 18.0 Å². The molecule has 1 unspecified atom stereocenters. The van der Waals surface area contributed by atoms with Crippen LogP contribution in [-0.2, 0) is 4.79 Å². The van der Waals surface area contributed by atoms with Gasteiger partial charge in [0.05, 0.1) is 5.92 Å². The smallest absolute Gasteiger partial charge is 0.307 e. The summed E-state index contributed by atoms with van der Waals surface area (Å²) >= 11 is 0. The number of nitrogens with zero attached hydrogens (tertiary/aromatic N) is 4. The highest BCUT2D eigenvalue weighted by Gasteiger charge is 2.55. The van der Waals surface area contributed by atoms with Gasteiger partial charge in [0.2, 0.25) is 5.95 Å². The molecule has 1 atom stereocenters. The quantitative estimate of drug-likeness (QED) is 0.852. The SMILES string of the molecule is N#Cc1ccnc(N2CCC(C(=O)O)C3(CC3)C2)n1. The highest BCUT2D eigenvalue weighted by molar-refractivity contribution is 5.72. The van der Waals surface area contributed by atoms with Gasteiger partial charge in [-0.05, 0) is 25.3 Å². The van der Waals surface area contributed by atoms with Crippen LogP contribution in [0.3, 0.4) is 0 Å². The lowest BCUT2D eigenvalue weighted by atomic mass is 9.82. The summed E-state index contributed by atoms with van der Waals surface area (Å²) in [5, 5.41) is 18.1. The van der Waals surface area contributed by atoms with E-state index in [9.17, 15) is 9.90 Å². The zero-order valence-electron chi connectivity index (χ0n) is 10.4. The second-order valence-corrected chi connectivity index (χ2v) is 5.32. The second-order valence-electron chi connectivity index (χ2n) is 5.32. The Morgan fingerprint density at radius 2 is 2.37 bits per heavy atom. The molecule has 2 heterocycles. The number of carboxylic acid groups (broad SMARTS) is 1. The normalized spacial score (nSPS) is 23.9. The highest BCUT2D eigenvalue weighted by atomic mass is 16.4. The van der Waals surface area contributed by atoms with Crippen LogP contribution < -0.4 is 4.90 Å². The molecule has 1 spiro atoms.